The lowest BCUT2D eigenvalue weighted by molar-refractivity contribution is -0.125. The summed E-state index contributed by atoms with van der Waals surface area (Å²) in [4.78, 5) is 24.1. The number of carbonyl (C=O) groups is 1. The van der Waals surface area contributed by atoms with Gasteiger partial charge in [0, 0.05) is 30.6 Å². The van der Waals surface area contributed by atoms with Crippen LogP contribution < -0.4 is 15.0 Å². The second kappa shape index (κ2) is 8.66. The first-order valence-corrected chi connectivity index (χ1v) is 10.1. The van der Waals surface area contributed by atoms with Crippen LogP contribution in [0.15, 0.2) is 48.5 Å². The monoisotopic (exact) mass is 410 g/mol. The molecule has 2 heterocycles. The van der Waals surface area contributed by atoms with E-state index >= 15 is 0 Å². The molecule has 1 saturated heterocycles. The Labute approximate surface area is 174 Å². The van der Waals surface area contributed by atoms with Crippen LogP contribution in [0, 0.1) is 5.92 Å². The van der Waals surface area contributed by atoms with E-state index < -0.39 is 0 Å². The maximum absolute atomic E-state index is 12.6. The van der Waals surface area contributed by atoms with Gasteiger partial charge in [-0.2, -0.15) is 0 Å². The van der Waals surface area contributed by atoms with Crippen LogP contribution in [0.2, 0.25) is 5.02 Å². The lowest BCUT2D eigenvalue weighted by Gasteiger charge is -2.32. The van der Waals surface area contributed by atoms with Gasteiger partial charge in [-0.05, 0) is 42.7 Å². The zero-order valence-corrected chi connectivity index (χ0v) is 17.0. The fourth-order valence-corrected chi connectivity index (χ4v) is 3.73. The van der Waals surface area contributed by atoms with Crippen LogP contribution in [-0.4, -0.2) is 36.1 Å². The number of aromatic nitrogens is 2. The van der Waals surface area contributed by atoms with Crippen molar-refractivity contribution in [1.82, 2.24) is 15.3 Å². The number of anilines is 1. The highest BCUT2D eigenvalue weighted by Crippen LogP contribution is 2.30. The third kappa shape index (κ3) is 4.43. The molecule has 1 fully saturated rings. The summed E-state index contributed by atoms with van der Waals surface area (Å²) in [5, 5.41) is 3.73. The van der Waals surface area contributed by atoms with Crippen molar-refractivity contribution >= 4 is 34.4 Å². The largest absolute Gasteiger partial charge is 0.478 e. The fraction of sp³-hybridized carbons (Fsp3) is 0.318. The van der Waals surface area contributed by atoms with Crippen molar-refractivity contribution in [2.45, 2.75) is 19.4 Å². The minimum Gasteiger partial charge on any atom is -0.478 e. The van der Waals surface area contributed by atoms with Gasteiger partial charge in [-0.1, -0.05) is 35.9 Å². The van der Waals surface area contributed by atoms with Gasteiger partial charge in [0.05, 0.1) is 18.1 Å². The van der Waals surface area contributed by atoms with Gasteiger partial charge in [-0.25, -0.2) is 9.97 Å². The molecule has 0 unspecified atom stereocenters. The first-order valence-electron chi connectivity index (χ1n) is 9.72. The van der Waals surface area contributed by atoms with E-state index in [1.54, 1.807) is 7.11 Å². The van der Waals surface area contributed by atoms with Crippen LogP contribution in [0.1, 0.15) is 18.4 Å². The minimum atomic E-state index is -0.00189. The molecule has 0 spiro atoms. The molecule has 150 valence electrons. The molecular weight excluding hydrogens is 388 g/mol. The molecule has 0 radical (unpaired) electrons. The molecule has 1 N–H and O–H groups in total. The minimum absolute atomic E-state index is 0.00189. The molecule has 0 aliphatic carbocycles. The molecule has 1 aliphatic rings. The maximum atomic E-state index is 12.6. The number of halogens is 1. The number of benzene rings is 2. The smallest absolute Gasteiger partial charge is 0.257 e. The van der Waals surface area contributed by atoms with Crippen LogP contribution in [0.25, 0.3) is 11.0 Å². The zero-order chi connectivity index (χ0) is 20.2. The van der Waals surface area contributed by atoms with Gasteiger partial charge in [0.1, 0.15) is 0 Å². The van der Waals surface area contributed by atoms with Gasteiger partial charge in [0.25, 0.3) is 5.88 Å². The molecule has 1 aliphatic heterocycles. The number of piperidine rings is 1. The highest BCUT2D eigenvalue weighted by Gasteiger charge is 2.27. The molecule has 7 heteroatoms. The number of hydrogen-bond donors (Lipinski definition) is 1. The van der Waals surface area contributed by atoms with Gasteiger partial charge < -0.3 is 15.0 Å². The third-order valence-corrected chi connectivity index (χ3v) is 5.51. The Morgan fingerprint density at radius 1 is 1.10 bits per heavy atom. The molecule has 0 atom stereocenters. The van der Waals surface area contributed by atoms with Crippen LogP contribution in [0.5, 0.6) is 5.88 Å². The highest BCUT2D eigenvalue weighted by molar-refractivity contribution is 6.30. The van der Waals surface area contributed by atoms with E-state index in [-0.39, 0.29) is 11.8 Å². The summed E-state index contributed by atoms with van der Waals surface area (Å²) < 4.78 is 5.47. The fourth-order valence-electron chi connectivity index (χ4n) is 3.61. The molecular formula is C22H23ClN4O2. The summed E-state index contributed by atoms with van der Waals surface area (Å²) in [5.74, 6) is 1.36. The molecule has 4 rings (SSSR count). The second-order valence-corrected chi connectivity index (χ2v) is 7.59. The van der Waals surface area contributed by atoms with E-state index in [0.29, 0.717) is 17.4 Å². The summed E-state index contributed by atoms with van der Waals surface area (Å²) >= 11 is 5.90. The van der Waals surface area contributed by atoms with Crippen LogP contribution in [0.4, 0.5) is 5.82 Å². The predicted octanol–water partition coefficient (Wildman–Crippen LogP) is 3.82. The summed E-state index contributed by atoms with van der Waals surface area (Å²) in [7, 11) is 1.61. The first kappa shape index (κ1) is 19.5. The Balaban J connectivity index is 1.38. The average Bonchev–Trinajstić information content (AvgIpc) is 2.77. The third-order valence-electron chi connectivity index (χ3n) is 5.26. The van der Waals surface area contributed by atoms with Crippen molar-refractivity contribution in [3.05, 3.63) is 59.1 Å². The predicted molar refractivity (Wildman–Crippen MR) is 114 cm³/mol. The Bertz CT molecular complexity index is 1000. The number of rotatable bonds is 5. The average molecular weight is 411 g/mol. The van der Waals surface area contributed by atoms with Gasteiger partial charge in [-0.3, -0.25) is 4.79 Å². The second-order valence-electron chi connectivity index (χ2n) is 7.15. The van der Waals surface area contributed by atoms with Gasteiger partial charge in [-0.15, -0.1) is 0 Å². The topological polar surface area (TPSA) is 67.4 Å². The Morgan fingerprint density at radius 3 is 2.41 bits per heavy atom. The lowest BCUT2D eigenvalue weighted by Crippen LogP contribution is -2.40. The number of nitrogens with one attached hydrogen (secondary N) is 1. The quantitative estimate of drug-likeness (QED) is 0.692. The van der Waals surface area contributed by atoms with Crippen molar-refractivity contribution in [2.24, 2.45) is 5.92 Å². The van der Waals surface area contributed by atoms with Crippen LogP contribution in [0.3, 0.4) is 0 Å². The van der Waals surface area contributed by atoms with E-state index in [1.807, 2.05) is 48.5 Å². The van der Waals surface area contributed by atoms with Gasteiger partial charge in [0.2, 0.25) is 5.91 Å². The summed E-state index contributed by atoms with van der Waals surface area (Å²) in [6, 6.07) is 15.3. The molecule has 1 amide bonds. The lowest BCUT2D eigenvalue weighted by atomic mass is 9.96. The molecule has 1 aromatic heterocycles. The maximum Gasteiger partial charge on any atom is 0.257 e. The van der Waals surface area contributed by atoms with Crippen molar-refractivity contribution in [1.29, 1.82) is 0 Å². The molecule has 3 aromatic rings. The van der Waals surface area contributed by atoms with Crippen molar-refractivity contribution in [2.75, 3.05) is 25.1 Å². The SMILES string of the molecule is COc1nc2ccccc2nc1N1CCC(C(=O)NCc2ccc(Cl)cc2)CC1. The van der Waals surface area contributed by atoms with Gasteiger partial charge in [0.15, 0.2) is 5.82 Å². The van der Waals surface area contributed by atoms with E-state index in [4.69, 9.17) is 21.3 Å². The Morgan fingerprint density at radius 2 is 1.76 bits per heavy atom. The van der Waals surface area contributed by atoms with Crippen molar-refractivity contribution in [3.8, 4) is 5.88 Å². The number of nitrogens with zero attached hydrogens (tertiary/aromatic N) is 3. The number of ether oxygens (including phenoxy) is 1. The number of fused-ring (bicyclic) bond motifs is 1. The summed E-state index contributed by atoms with van der Waals surface area (Å²) in [5.41, 5.74) is 2.69. The van der Waals surface area contributed by atoms with Gasteiger partial charge >= 0.3 is 0 Å². The molecule has 29 heavy (non-hydrogen) atoms. The van der Waals surface area contributed by atoms with E-state index in [2.05, 4.69) is 15.2 Å². The number of methoxy groups -OCH3 is 1. The highest BCUT2D eigenvalue weighted by atomic mass is 35.5. The Hall–Kier alpha value is -2.86. The van der Waals surface area contributed by atoms with E-state index in [9.17, 15) is 4.79 Å². The number of amides is 1. The molecule has 6 nitrogen and oxygen atoms in total. The number of hydrogen-bond acceptors (Lipinski definition) is 5. The van der Waals surface area contributed by atoms with Crippen LogP contribution in [-0.2, 0) is 11.3 Å². The van der Waals surface area contributed by atoms with E-state index in [0.717, 1.165) is 48.3 Å². The van der Waals surface area contributed by atoms with Crippen LogP contribution >= 0.6 is 11.6 Å². The number of para-hydroxylation sites is 2. The molecule has 0 saturated carbocycles. The summed E-state index contributed by atoms with van der Waals surface area (Å²) in [6.07, 6.45) is 1.54. The molecule has 0 bridgehead atoms. The van der Waals surface area contributed by atoms with E-state index in [1.165, 1.54) is 0 Å². The standard InChI is InChI=1S/C22H23ClN4O2/c1-29-22-20(25-18-4-2-3-5-19(18)26-22)27-12-10-16(11-13-27)21(28)24-14-15-6-8-17(23)9-7-15/h2-9,16H,10-14H2,1H3,(H,24,28). The van der Waals surface area contributed by atoms with Crippen molar-refractivity contribution in [3.63, 3.8) is 0 Å². The summed E-state index contributed by atoms with van der Waals surface area (Å²) in [6.45, 7) is 1.99. The zero-order valence-electron chi connectivity index (χ0n) is 16.3. The normalized spacial score (nSPS) is 14.8. The first-order chi connectivity index (χ1) is 14.1. The number of carbonyl (C=O) groups excluding carboxylic acids is 1. The van der Waals surface area contributed by atoms with Crippen molar-refractivity contribution < 1.29 is 9.53 Å². The Kier molecular flexibility index (Phi) is 5.81. The molecule has 2 aromatic carbocycles.